The number of carbonyl (C=O) groups excluding carboxylic acids is 1. The van der Waals surface area contributed by atoms with Gasteiger partial charge in [0.1, 0.15) is 5.76 Å². The number of aryl methyl sites for hydroxylation is 1. The number of nitrogens with two attached hydrogens (primary N) is 1. The molecule has 0 amide bonds. The van der Waals surface area contributed by atoms with E-state index in [0.717, 1.165) is 5.56 Å². The number of hydrogen-bond donors (Lipinski definition) is 1. The molecule has 2 N–H and O–H groups in total. The van der Waals surface area contributed by atoms with E-state index in [0.29, 0.717) is 51.7 Å². The van der Waals surface area contributed by atoms with Crippen LogP contribution in [0.5, 0.6) is 0 Å². The third-order valence-electron chi connectivity index (χ3n) is 5.72. The smallest absolute Gasteiger partial charge is 0.229 e. The number of benzene rings is 2. The first-order valence-corrected chi connectivity index (χ1v) is 9.96. The van der Waals surface area contributed by atoms with Crippen LogP contribution in [0.25, 0.3) is 22.4 Å². The molecule has 0 bridgehead atoms. The predicted octanol–water partition coefficient (Wildman–Crippen LogP) is 5.95. The van der Waals surface area contributed by atoms with Gasteiger partial charge >= 0.3 is 0 Å². The second kappa shape index (κ2) is 6.75. The number of Topliss-reactive ketones (excluding diaryl/α,β-unsaturated/α-hetero) is 1. The monoisotopic (exact) mass is 402 g/mol. The minimum Gasteiger partial charge on any atom is -0.438 e. The third-order valence-corrected chi connectivity index (χ3v) is 6.04. The molecule has 4 aromatic rings. The molecule has 0 spiro atoms. The van der Waals surface area contributed by atoms with E-state index in [1.54, 1.807) is 0 Å². The summed E-state index contributed by atoms with van der Waals surface area (Å²) in [6, 6.07) is 17.4. The highest BCUT2D eigenvalue weighted by Gasteiger charge is 2.31. The average molecular weight is 403 g/mol. The van der Waals surface area contributed by atoms with Gasteiger partial charge in [-0.25, -0.2) is 4.98 Å². The summed E-state index contributed by atoms with van der Waals surface area (Å²) in [6.45, 7) is 2.07. The fourth-order valence-corrected chi connectivity index (χ4v) is 4.50. The second-order valence-electron chi connectivity index (χ2n) is 7.54. The number of aromatic nitrogens is 1. The van der Waals surface area contributed by atoms with Gasteiger partial charge in [-0.3, -0.25) is 4.79 Å². The minimum absolute atomic E-state index is 0.0342. The number of nitrogen functional groups attached to an aromatic ring is 1. The van der Waals surface area contributed by atoms with E-state index >= 15 is 0 Å². The van der Waals surface area contributed by atoms with Crippen LogP contribution in [0.2, 0.25) is 5.02 Å². The summed E-state index contributed by atoms with van der Waals surface area (Å²) in [5.41, 5.74) is 11.7. The van der Waals surface area contributed by atoms with Crippen LogP contribution in [0.3, 0.4) is 0 Å². The lowest BCUT2D eigenvalue weighted by atomic mass is 9.79. The zero-order valence-corrected chi connectivity index (χ0v) is 16.7. The number of halogens is 1. The van der Waals surface area contributed by atoms with Gasteiger partial charge in [0.05, 0.1) is 27.4 Å². The van der Waals surface area contributed by atoms with E-state index in [4.69, 9.17) is 26.7 Å². The first-order valence-electron chi connectivity index (χ1n) is 9.58. The Morgan fingerprint density at radius 3 is 2.66 bits per heavy atom. The molecule has 2 heterocycles. The first kappa shape index (κ1) is 18.0. The molecule has 1 atom stereocenters. The van der Waals surface area contributed by atoms with Crippen LogP contribution in [0.1, 0.15) is 39.5 Å². The van der Waals surface area contributed by atoms with Crippen LogP contribution in [-0.4, -0.2) is 10.8 Å². The number of rotatable bonds is 2. The largest absolute Gasteiger partial charge is 0.438 e. The van der Waals surface area contributed by atoms with E-state index in [9.17, 15) is 4.79 Å². The van der Waals surface area contributed by atoms with Crippen LogP contribution in [0.4, 0.5) is 5.69 Å². The molecule has 2 aromatic carbocycles. The summed E-state index contributed by atoms with van der Waals surface area (Å²) < 4.78 is 5.99. The van der Waals surface area contributed by atoms with Crippen molar-refractivity contribution in [3.05, 3.63) is 82.0 Å². The maximum Gasteiger partial charge on any atom is 0.229 e. The van der Waals surface area contributed by atoms with Crippen LogP contribution >= 0.6 is 11.6 Å². The molecule has 1 aliphatic carbocycles. The number of anilines is 1. The van der Waals surface area contributed by atoms with E-state index in [1.165, 1.54) is 11.1 Å². The molecule has 4 nitrogen and oxygen atoms in total. The fourth-order valence-electron chi connectivity index (χ4n) is 4.27. The standard InChI is InChI=1S/C24H19ClN2O2/c1-13-6-2-3-7-15(13)14-10-19-22(20(28)11-14)23(26)17-12-21(29-24(17)27-19)16-8-4-5-9-18(16)25/h2-9,12,14H,10-11H2,1H3,(H2,26,27). The van der Waals surface area contributed by atoms with Gasteiger partial charge in [0.25, 0.3) is 0 Å². The zero-order valence-electron chi connectivity index (χ0n) is 15.9. The Labute approximate surface area is 173 Å². The summed E-state index contributed by atoms with van der Waals surface area (Å²) in [4.78, 5) is 17.7. The fraction of sp³-hybridized carbons (Fsp3) is 0.167. The van der Waals surface area contributed by atoms with Crippen molar-refractivity contribution in [1.29, 1.82) is 0 Å². The van der Waals surface area contributed by atoms with Gasteiger partial charge < -0.3 is 10.2 Å². The number of nitrogens with zero attached hydrogens (tertiary/aromatic N) is 1. The number of ketones is 1. The third kappa shape index (κ3) is 2.91. The Morgan fingerprint density at radius 2 is 1.86 bits per heavy atom. The maximum absolute atomic E-state index is 13.0. The lowest BCUT2D eigenvalue weighted by Gasteiger charge is -2.25. The van der Waals surface area contributed by atoms with Gasteiger partial charge in [-0.1, -0.05) is 48.0 Å². The van der Waals surface area contributed by atoms with Crippen molar-refractivity contribution in [2.24, 2.45) is 0 Å². The average Bonchev–Trinajstić information content (AvgIpc) is 3.12. The topological polar surface area (TPSA) is 69.1 Å². The summed E-state index contributed by atoms with van der Waals surface area (Å²) in [6.07, 6.45) is 1.10. The van der Waals surface area contributed by atoms with Crippen molar-refractivity contribution in [2.75, 3.05) is 5.73 Å². The van der Waals surface area contributed by atoms with Crippen LogP contribution < -0.4 is 5.73 Å². The Morgan fingerprint density at radius 1 is 1.10 bits per heavy atom. The molecular formula is C24H19ClN2O2. The summed E-state index contributed by atoms with van der Waals surface area (Å²) in [7, 11) is 0. The Hall–Kier alpha value is -3.11. The van der Waals surface area contributed by atoms with Crippen LogP contribution in [-0.2, 0) is 6.42 Å². The molecule has 0 fully saturated rings. The van der Waals surface area contributed by atoms with E-state index < -0.39 is 0 Å². The van der Waals surface area contributed by atoms with Gasteiger partial charge in [0, 0.05) is 12.0 Å². The van der Waals surface area contributed by atoms with Crippen molar-refractivity contribution in [3.8, 4) is 11.3 Å². The van der Waals surface area contributed by atoms with Crippen molar-refractivity contribution in [3.63, 3.8) is 0 Å². The molecule has 0 aliphatic heterocycles. The molecule has 0 saturated heterocycles. The summed E-state index contributed by atoms with van der Waals surface area (Å²) in [5, 5.41) is 1.24. The number of carbonyl (C=O) groups is 1. The Balaban J connectivity index is 1.63. The van der Waals surface area contributed by atoms with Crippen molar-refractivity contribution in [1.82, 2.24) is 4.98 Å². The van der Waals surface area contributed by atoms with E-state index in [-0.39, 0.29) is 11.7 Å². The Bertz CT molecular complexity index is 1280. The Kier molecular flexibility index (Phi) is 4.18. The van der Waals surface area contributed by atoms with Gasteiger partial charge in [0.15, 0.2) is 5.78 Å². The SMILES string of the molecule is Cc1ccccc1C1CC(=O)c2c(nc3oc(-c4ccccc4Cl)cc3c2N)C1. The van der Waals surface area contributed by atoms with E-state index in [2.05, 4.69) is 19.1 Å². The second-order valence-corrected chi connectivity index (χ2v) is 7.95. The number of furan rings is 1. The molecule has 5 heteroatoms. The summed E-state index contributed by atoms with van der Waals surface area (Å²) in [5.74, 6) is 0.723. The number of pyridine rings is 1. The normalized spacial score (nSPS) is 16.2. The van der Waals surface area contributed by atoms with Crippen LogP contribution in [0, 0.1) is 6.92 Å². The molecule has 2 aromatic heterocycles. The predicted molar refractivity (Wildman–Crippen MR) is 115 cm³/mol. The molecule has 144 valence electrons. The molecule has 5 rings (SSSR count). The van der Waals surface area contributed by atoms with Crippen LogP contribution in [0.15, 0.2) is 59.0 Å². The molecular weight excluding hydrogens is 384 g/mol. The van der Waals surface area contributed by atoms with Gasteiger partial charge in [-0.2, -0.15) is 0 Å². The van der Waals surface area contributed by atoms with Gasteiger partial charge in [-0.05, 0) is 48.6 Å². The lowest BCUT2D eigenvalue weighted by Crippen LogP contribution is -2.22. The van der Waals surface area contributed by atoms with Crippen molar-refractivity contribution >= 4 is 34.2 Å². The first-order chi connectivity index (χ1) is 14.0. The zero-order chi connectivity index (χ0) is 20.1. The number of fused-ring (bicyclic) bond motifs is 2. The number of hydrogen-bond acceptors (Lipinski definition) is 4. The minimum atomic E-state index is 0.0342. The molecule has 1 aliphatic rings. The maximum atomic E-state index is 13.0. The molecule has 29 heavy (non-hydrogen) atoms. The highest BCUT2D eigenvalue weighted by molar-refractivity contribution is 6.33. The highest BCUT2D eigenvalue weighted by Crippen LogP contribution is 2.40. The lowest BCUT2D eigenvalue weighted by molar-refractivity contribution is 0.0964. The van der Waals surface area contributed by atoms with Gasteiger partial charge in [-0.15, -0.1) is 0 Å². The molecule has 1 unspecified atom stereocenters. The highest BCUT2D eigenvalue weighted by atomic mass is 35.5. The van der Waals surface area contributed by atoms with Crippen molar-refractivity contribution < 1.29 is 9.21 Å². The molecule has 0 saturated carbocycles. The van der Waals surface area contributed by atoms with Gasteiger partial charge in [0.2, 0.25) is 5.71 Å². The van der Waals surface area contributed by atoms with Crippen molar-refractivity contribution in [2.45, 2.75) is 25.7 Å². The molecule has 0 radical (unpaired) electrons. The van der Waals surface area contributed by atoms with E-state index in [1.807, 2.05) is 42.5 Å². The quantitative estimate of drug-likeness (QED) is 0.449. The summed E-state index contributed by atoms with van der Waals surface area (Å²) >= 11 is 6.31.